The van der Waals surface area contributed by atoms with Gasteiger partial charge in [0.1, 0.15) is 5.75 Å². The highest BCUT2D eigenvalue weighted by Gasteiger charge is 2.34. The largest absolute Gasteiger partial charge is 0.573 e. The number of carbonyl (C=O) groups excluding carboxylic acids is 1. The molecule has 0 saturated carbocycles. The molecule has 1 amide bonds. The Morgan fingerprint density at radius 1 is 1.16 bits per heavy atom. The van der Waals surface area contributed by atoms with Gasteiger partial charge in [0.2, 0.25) is 5.91 Å². The average Bonchev–Trinajstić information content (AvgIpc) is 2.86. The Morgan fingerprint density at radius 2 is 1.80 bits per heavy atom. The van der Waals surface area contributed by atoms with Crippen molar-refractivity contribution in [3.63, 3.8) is 0 Å². The van der Waals surface area contributed by atoms with Gasteiger partial charge in [0, 0.05) is 25.0 Å². The summed E-state index contributed by atoms with van der Waals surface area (Å²) in [6.07, 6.45) is 1.05. The van der Waals surface area contributed by atoms with Gasteiger partial charge in [-0.1, -0.05) is 12.1 Å². The van der Waals surface area contributed by atoms with Crippen LogP contribution in [0.5, 0.6) is 5.75 Å². The first-order valence-corrected chi connectivity index (χ1v) is 8.75. The van der Waals surface area contributed by atoms with Crippen LogP contribution in [0.1, 0.15) is 37.7 Å². The zero-order chi connectivity index (χ0) is 17.9. The molecule has 2 heterocycles. The molecule has 138 valence electrons. The molecule has 2 bridgehead atoms. The van der Waals surface area contributed by atoms with E-state index in [1.807, 2.05) is 0 Å². The van der Waals surface area contributed by atoms with E-state index in [1.54, 1.807) is 12.1 Å². The Hall–Kier alpha value is -1.76. The quantitative estimate of drug-likeness (QED) is 0.823. The van der Waals surface area contributed by atoms with Crippen LogP contribution in [0.2, 0.25) is 0 Å². The van der Waals surface area contributed by atoms with Gasteiger partial charge < -0.3 is 15.4 Å². The maximum Gasteiger partial charge on any atom is 0.573 e. The molecule has 2 aliphatic heterocycles. The molecule has 2 aliphatic rings. The number of alkyl halides is 3. The minimum atomic E-state index is -4.68. The smallest absolute Gasteiger partial charge is 0.406 e. The zero-order valence-corrected chi connectivity index (χ0v) is 13.9. The molecule has 2 unspecified atom stereocenters. The van der Waals surface area contributed by atoms with Crippen LogP contribution in [0.25, 0.3) is 0 Å². The van der Waals surface area contributed by atoms with Crippen molar-refractivity contribution >= 4 is 5.91 Å². The average molecular weight is 356 g/mol. The van der Waals surface area contributed by atoms with Crippen LogP contribution >= 0.6 is 0 Å². The van der Waals surface area contributed by atoms with E-state index in [-0.39, 0.29) is 11.7 Å². The predicted octanol–water partition coefficient (Wildman–Crippen LogP) is 3.16. The second kappa shape index (κ2) is 7.64. The van der Waals surface area contributed by atoms with Crippen LogP contribution in [0.4, 0.5) is 13.2 Å². The number of halogens is 3. The summed E-state index contributed by atoms with van der Waals surface area (Å²) in [7, 11) is 0. The van der Waals surface area contributed by atoms with Gasteiger partial charge in [-0.3, -0.25) is 4.79 Å². The molecule has 0 spiro atoms. The number of fused-ring (bicyclic) bond motifs is 2. The number of hydrogen-bond acceptors (Lipinski definition) is 3. The molecule has 0 aromatic heterocycles. The van der Waals surface area contributed by atoms with Gasteiger partial charge >= 0.3 is 6.36 Å². The predicted molar refractivity (Wildman–Crippen MR) is 87.1 cm³/mol. The second-order valence-corrected chi connectivity index (χ2v) is 6.97. The van der Waals surface area contributed by atoms with E-state index in [1.165, 1.54) is 25.0 Å². The molecule has 1 aromatic rings. The van der Waals surface area contributed by atoms with E-state index < -0.39 is 6.36 Å². The number of carbonyl (C=O) groups is 1. The topological polar surface area (TPSA) is 50.4 Å². The Morgan fingerprint density at radius 3 is 2.40 bits per heavy atom. The molecule has 4 nitrogen and oxygen atoms in total. The summed E-state index contributed by atoms with van der Waals surface area (Å²) in [5, 5.41) is 6.48. The SMILES string of the molecule is O=C(CC1CC2CCC(C1)N2)NCCc1ccc(OC(F)(F)F)cc1. The van der Waals surface area contributed by atoms with Gasteiger partial charge in [-0.15, -0.1) is 13.2 Å². The maximum atomic E-state index is 12.1. The first-order chi connectivity index (χ1) is 11.9. The zero-order valence-electron chi connectivity index (χ0n) is 13.9. The first-order valence-electron chi connectivity index (χ1n) is 8.75. The molecule has 2 N–H and O–H groups in total. The molecule has 7 heteroatoms. The molecule has 1 aromatic carbocycles. The fourth-order valence-corrected chi connectivity index (χ4v) is 3.88. The van der Waals surface area contributed by atoms with E-state index >= 15 is 0 Å². The third kappa shape index (κ3) is 5.63. The summed E-state index contributed by atoms with van der Waals surface area (Å²) in [5.41, 5.74) is 0.856. The summed E-state index contributed by atoms with van der Waals surface area (Å²) in [5.74, 6) is 0.279. The first kappa shape index (κ1) is 18.0. The van der Waals surface area contributed by atoms with Gasteiger partial charge in [-0.2, -0.15) is 0 Å². The van der Waals surface area contributed by atoms with Crippen molar-refractivity contribution in [1.82, 2.24) is 10.6 Å². The van der Waals surface area contributed by atoms with Gasteiger partial charge in [-0.25, -0.2) is 0 Å². The van der Waals surface area contributed by atoms with Crippen molar-refractivity contribution in [2.75, 3.05) is 6.54 Å². The second-order valence-electron chi connectivity index (χ2n) is 6.97. The molecule has 3 rings (SSSR count). The number of amides is 1. The Kier molecular flexibility index (Phi) is 5.51. The fourth-order valence-electron chi connectivity index (χ4n) is 3.88. The summed E-state index contributed by atoms with van der Waals surface area (Å²) in [6.45, 7) is 0.482. The van der Waals surface area contributed by atoms with E-state index in [2.05, 4.69) is 15.4 Å². The molecule has 25 heavy (non-hydrogen) atoms. The van der Waals surface area contributed by atoms with E-state index in [9.17, 15) is 18.0 Å². The van der Waals surface area contributed by atoms with Crippen molar-refractivity contribution in [2.45, 2.75) is 57.0 Å². The summed E-state index contributed by atoms with van der Waals surface area (Å²) in [4.78, 5) is 12.1. The molecular weight excluding hydrogens is 333 g/mol. The molecule has 2 fully saturated rings. The lowest BCUT2D eigenvalue weighted by Gasteiger charge is -2.28. The Bertz CT molecular complexity index is 577. The third-order valence-corrected chi connectivity index (χ3v) is 4.94. The lowest BCUT2D eigenvalue weighted by Crippen LogP contribution is -2.39. The van der Waals surface area contributed by atoms with Crippen LogP contribution in [-0.2, 0) is 11.2 Å². The number of benzene rings is 1. The molecule has 0 radical (unpaired) electrons. The molecule has 2 atom stereocenters. The van der Waals surface area contributed by atoms with Crippen molar-refractivity contribution < 1.29 is 22.7 Å². The number of nitrogens with one attached hydrogen (secondary N) is 2. The van der Waals surface area contributed by atoms with Gasteiger partial charge in [0.05, 0.1) is 0 Å². The third-order valence-electron chi connectivity index (χ3n) is 4.94. The van der Waals surface area contributed by atoms with Gasteiger partial charge in [-0.05, 0) is 55.7 Å². The van der Waals surface area contributed by atoms with Crippen molar-refractivity contribution in [3.8, 4) is 5.75 Å². The van der Waals surface area contributed by atoms with E-state index in [0.717, 1.165) is 18.4 Å². The number of ether oxygens (including phenoxy) is 1. The van der Waals surface area contributed by atoms with Crippen LogP contribution in [0, 0.1) is 5.92 Å². The normalized spacial score (nSPS) is 25.6. The van der Waals surface area contributed by atoms with Crippen molar-refractivity contribution in [2.24, 2.45) is 5.92 Å². The van der Waals surface area contributed by atoms with Gasteiger partial charge in [0.25, 0.3) is 0 Å². The summed E-state index contributed by atoms with van der Waals surface area (Å²) < 4.78 is 40.1. The van der Waals surface area contributed by atoms with Gasteiger partial charge in [0.15, 0.2) is 0 Å². The van der Waals surface area contributed by atoms with E-state index in [4.69, 9.17) is 0 Å². The minimum absolute atomic E-state index is 0.0586. The highest BCUT2D eigenvalue weighted by Crippen LogP contribution is 2.32. The van der Waals surface area contributed by atoms with Crippen LogP contribution in [0.15, 0.2) is 24.3 Å². The van der Waals surface area contributed by atoms with Crippen molar-refractivity contribution in [3.05, 3.63) is 29.8 Å². The lowest BCUT2D eigenvalue weighted by molar-refractivity contribution is -0.274. The Balaban J connectivity index is 1.37. The maximum absolute atomic E-state index is 12.1. The Labute approximate surface area is 145 Å². The standard InChI is InChI=1S/C18H23F3N2O2/c19-18(20,21)25-16-5-1-12(2-6-16)7-8-22-17(24)11-13-9-14-3-4-15(10-13)23-14/h1-2,5-6,13-15,23H,3-4,7-11H2,(H,22,24). The lowest BCUT2D eigenvalue weighted by atomic mass is 9.89. The fraction of sp³-hybridized carbons (Fsp3) is 0.611. The highest BCUT2D eigenvalue weighted by molar-refractivity contribution is 5.76. The van der Waals surface area contributed by atoms with Crippen LogP contribution in [0.3, 0.4) is 0 Å². The van der Waals surface area contributed by atoms with Crippen LogP contribution in [-0.4, -0.2) is 30.9 Å². The van der Waals surface area contributed by atoms with Crippen molar-refractivity contribution in [1.29, 1.82) is 0 Å². The number of piperidine rings is 1. The minimum Gasteiger partial charge on any atom is -0.406 e. The molecular formula is C18H23F3N2O2. The number of rotatable bonds is 6. The molecule has 2 saturated heterocycles. The summed E-state index contributed by atoms with van der Waals surface area (Å²) in [6, 6.07) is 6.89. The highest BCUT2D eigenvalue weighted by atomic mass is 19.4. The van der Waals surface area contributed by atoms with Crippen LogP contribution < -0.4 is 15.4 Å². The van der Waals surface area contributed by atoms with E-state index in [0.29, 0.717) is 37.4 Å². The molecule has 0 aliphatic carbocycles. The summed E-state index contributed by atoms with van der Waals surface area (Å²) >= 11 is 0. The number of hydrogen-bond donors (Lipinski definition) is 2. The monoisotopic (exact) mass is 356 g/mol.